The molecule has 27 heavy (non-hydrogen) atoms. The fourth-order valence-electron chi connectivity index (χ4n) is 3.33. The number of hydrogen-bond acceptors (Lipinski definition) is 3. The average Bonchev–Trinajstić information content (AvgIpc) is 2.67. The molecule has 1 aliphatic heterocycles. The van der Waals surface area contributed by atoms with E-state index in [1.165, 1.54) is 18.2 Å². The molecular formula is C20H19F2NO4. The van der Waals surface area contributed by atoms with E-state index in [1.807, 2.05) is 0 Å². The Morgan fingerprint density at radius 3 is 2.33 bits per heavy atom. The van der Waals surface area contributed by atoms with Crippen LogP contribution in [0.4, 0.5) is 8.78 Å². The molecule has 0 bridgehead atoms. The Balaban J connectivity index is 1.80. The fourth-order valence-corrected chi connectivity index (χ4v) is 3.33. The zero-order valence-corrected chi connectivity index (χ0v) is 14.5. The Kier molecular flexibility index (Phi) is 5.51. The van der Waals surface area contributed by atoms with Gasteiger partial charge in [-0.3, -0.25) is 4.79 Å². The van der Waals surface area contributed by atoms with Crippen LogP contribution in [0.2, 0.25) is 0 Å². The average molecular weight is 375 g/mol. The van der Waals surface area contributed by atoms with Crippen molar-refractivity contribution in [3.63, 3.8) is 0 Å². The van der Waals surface area contributed by atoms with Gasteiger partial charge in [0, 0.05) is 31.4 Å². The number of hydrogen-bond donors (Lipinski definition) is 2. The first-order valence-electron chi connectivity index (χ1n) is 8.56. The molecule has 0 aromatic heterocycles. The number of ether oxygens (including phenoxy) is 1. The third-order valence-electron chi connectivity index (χ3n) is 4.88. The molecule has 0 spiro atoms. The zero-order chi connectivity index (χ0) is 19.4. The van der Waals surface area contributed by atoms with Gasteiger partial charge in [-0.15, -0.1) is 0 Å². The third kappa shape index (κ3) is 3.98. The number of benzene rings is 2. The molecule has 0 radical (unpaired) electrons. The molecule has 1 heterocycles. The second-order valence-corrected chi connectivity index (χ2v) is 6.50. The van der Waals surface area contributed by atoms with Crippen molar-refractivity contribution in [1.29, 1.82) is 0 Å². The van der Waals surface area contributed by atoms with Gasteiger partial charge in [0.1, 0.15) is 11.6 Å². The van der Waals surface area contributed by atoms with Crippen LogP contribution < -0.4 is 5.32 Å². The zero-order valence-electron chi connectivity index (χ0n) is 14.5. The summed E-state index contributed by atoms with van der Waals surface area (Å²) < 4.78 is 33.0. The van der Waals surface area contributed by atoms with E-state index in [1.54, 1.807) is 12.1 Å². The molecule has 142 valence electrons. The summed E-state index contributed by atoms with van der Waals surface area (Å²) in [6.07, 6.45) is 0.582. The fraction of sp³-hybridized carbons (Fsp3) is 0.300. The van der Waals surface area contributed by atoms with Crippen LogP contribution in [-0.4, -0.2) is 30.2 Å². The van der Waals surface area contributed by atoms with Gasteiger partial charge in [-0.2, -0.15) is 0 Å². The van der Waals surface area contributed by atoms with Gasteiger partial charge in [-0.05, 0) is 36.6 Å². The van der Waals surface area contributed by atoms with Crippen LogP contribution in [0.5, 0.6) is 0 Å². The topological polar surface area (TPSA) is 75.6 Å². The summed E-state index contributed by atoms with van der Waals surface area (Å²) >= 11 is 0. The summed E-state index contributed by atoms with van der Waals surface area (Å²) in [5.74, 6) is -2.84. The van der Waals surface area contributed by atoms with Gasteiger partial charge in [-0.25, -0.2) is 13.6 Å². The van der Waals surface area contributed by atoms with E-state index >= 15 is 0 Å². The molecule has 1 aliphatic rings. The highest BCUT2D eigenvalue weighted by Crippen LogP contribution is 2.37. The van der Waals surface area contributed by atoms with Gasteiger partial charge >= 0.3 is 5.97 Å². The van der Waals surface area contributed by atoms with Crippen LogP contribution in [0.3, 0.4) is 0 Å². The molecule has 0 unspecified atom stereocenters. The second-order valence-electron chi connectivity index (χ2n) is 6.50. The minimum atomic E-state index is -1.13. The quantitative estimate of drug-likeness (QED) is 0.842. The minimum Gasteiger partial charge on any atom is -0.478 e. The summed E-state index contributed by atoms with van der Waals surface area (Å²) in [4.78, 5) is 23.9. The lowest BCUT2D eigenvalue weighted by Crippen LogP contribution is -2.48. The Morgan fingerprint density at radius 1 is 1.07 bits per heavy atom. The summed E-state index contributed by atoms with van der Waals surface area (Å²) in [7, 11) is 0. The lowest BCUT2D eigenvalue weighted by Gasteiger charge is -2.36. The maximum atomic E-state index is 14.4. The van der Waals surface area contributed by atoms with Crippen molar-refractivity contribution in [3.8, 4) is 0 Å². The highest BCUT2D eigenvalue weighted by molar-refractivity contribution is 5.89. The molecule has 1 amide bonds. The summed E-state index contributed by atoms with van der Waals surface area (Å²) in [6.45, 7) is 0.777. The van der Waals surface area contributed by atoms with Gasteiger partial charge in [-0.1, -0.05) is 18.2 Å². The van der Waals surface area contributed by atoms with E-state index in [2.05, 4.69) is 5.32 Å². The van der Waals surface area contributed by atoms with Crippen LogP contribution in [0.15, 0.2) is 42.5 Å². The standard InChI is InChI=1S/C20H19F2NO4/c21-15-5-6-16(17(22)11-15)20(7-9-27-10-8-20)19(26)23-12-13-1-3-14(4-2-13)18(24)25/h1-6,11H,7-10,12H2,(H,23,26)(H,24,25). The van der Waals surface area contributed by atoms with E-state index in [4.69, 9.17) is 9.84 Å². The molecule has 0 atom stereocenters. The Hall–Kier alpha value is -2.80. The molecule has 0 saturated carbocycles. The summed E-state index contributed by atoms with van der Waals surface area (Å²) in [5, 5.41) is 11.7. The third-order valence-corrected chi connectivity index (χ3v) is 4.88. The Labute approximate surface area is 155 Å². The smallest absolute Gasteiger partial charge is 0.335 e. The number of amides is 1. The van der Waals surface area contributed by atoms with Crippen molar-refractivity contribution in [2.24, 2.45) is 0 Å². The predicted molar refractivity (Wildman–Crippen MR) is 93.3 cm³/mol. The maximum absolute atomic E-state index is 14.4. The van der Waals surface area contributed by atoms with Gasteiger partial charge in [0.15, 0.2) is 0 Å². The van der Waals surface area contributed by atoms with Crippen molar-refractivity contribution >= 4 is 11.9 Å². The lowest BCUT2D eigenvalue weighted by atomic mass is 9.73. The molecule has 5 nitrogen and oxygen atoms in total. The van der Waals surface area contributed by atoms with Crippen LogP contribution in [0.25, 0.3) is 0 Å². The van der Waals surface area contributed by atoms with Gasteiger partial charge in [0.05, 0.1) is 11.0 Å². The van der Waals surface area contributed by atoms with Crippen molar-refractivity contribution in [3.05, 3.63) is 70.8 Å². The van der Waals surface area contributed by atoms with E-state index in [9.17, 15) is 18.4 Å². The maximum Gasteiger partial charge on any atom is 0.335 e. The predicted octanol–water partition coefficient (Wildman–Crippen LogP) is 3.03. The van der Waals surface area contributed by atoms with Crippen LogP contribution >= 0.6 is 0 Å². The van der Waals surface area contributed by atoms with Crippen molar-refractivity contribution < 1.29 is 28.2 Å². The van der Waals surface area contributed by atoms with E-state index in [0.29, 0.717) is 26.1 Å². The number of rotatable bonds is 5. The number of nitrogens with one attached hydrogen (secondary N) is 1. The summed E-state index contributed by atoms with van der Waals surface area (Å²) in [5.41, 5.74) is -0.0998. The molecule has 1 saturated heterocycles. The number of carboxylic acids is 1. The number of aromatic carboxylic acids is 1. The number of carbonyl (C=O) groups is 2. The van der Waals surface area contributed by atoms with Crippen LogP contribution in [0, 0.1) is 11.6 Å². The molecule has 3 rings (SSSR count). The van der Waals surface area contributed by atoms with Gasteiger partial charge in [0.25, 0.3) is 0 Å². The number of carbonyl (C=O) groups excluding carboxylic acids is 1. The highest BCUT2D eigenvalue weighted by Gasteiger charge is 2.43. The first kappa shape index (κ1) is 19.0. The first-order chi connectivity index (χ1) is 12.9. The van der Waals surface area contributed by atoms with Crippen LogP contribution in [0.1, 0.15) is 34.3 Å². The molecule has 2 aromatic carbocycles. The monoisotopic (exact) mass is 375 g/mol. The molecule has 2 aromatic rings. The second kappa shape index (κ2) is 7.84. The molecule has 7 heteroatoms. The van der Waals surface area contributed by atoms with E-state index in [0.717, 1.165) is 17.7 Å². The SMILES string of the molecule is O=C(O)c1ccc(CNC(=O)C2(c3ccc(F)cc3F)CCOCC2)cc1. The van der Waals surface area contributed by atoms with E-state index < -0.39 is 23.0 Å². The lowest BCUT2D eigenvalue weighted by molar-refractivity contribution is -0.130. The molecule has 1 fully saturated rings. The number of halogens is 2. The molecular weight excluding hydrogens is 356 g/mol. The minimum absolute atomic E-state index is 0.152. The van der Waals surface area contributed by atoms with Gasteiger partial charge in [0.2, 0.25) is 5.91 Å². The normalized spacial score (nSPS) is 15.9. The summed E-state index contributed by atoms with van der Waals surface area (Å²) in [6, 6.07) is 9.37. The largest absolute Gasteiger partial charge is 0.478 e. The number of carboxylic acid groups (broad SMARTS) is 1. The van der Waals surface area contributed by atoms with Crippen molar-refractivity contribution in [2.45, 2.75) is 24.8 Å². The highest BCUT2D eigenvalue weighted by atomic mass is 19.1. The van der Waals surface area contributed by atoms with E-state index in [-0.39, 0.29) is 23.6 Å². The van der Waals surface area contributed by atoms with Gasteiger partial charge < -0.3 is 15.2 Å². The van der Waals surface area contributed by atoms with Crippen molar-refractivity contribution in [2.75, 3.05) is 13.2 Å². The van der Waals surface area contributed by atoms with Crippen molar-refractivity contribution in [1.82, 2.24) is 5.32 Å². The first-order valence-corrected chi connectivity index (χ1v) is 8.56. The Morgan fingerprint density at radius 2 is 1.74 bits per heavy atom. The molecule has 0 aliphatic carbocycles. The Bertz CT molecular complexity index is 846. The van der Waals surface area contributed by atoms with Crippen LogP contribution in [-0.2, 0) is 21.5 Å². The molecule has 2 N–H and O–H groups in total.